The second-order valence-electron chi connectivity index (χ2n) is 8.85. The number of benzene rings is 1. The molecule has 8 nitrogen and oxygen atoms in total. The van der Waals surface area contributed by atoms with Gasteiger partial charge in [0.05, 0.1) is 9.77 Å². The molecule has 0 unspecified atom stereocenters. The Morgan fingerprint density at radius 1 is 1.18 bits per heavy atom. The van der Waals surface area contributed by atoms with Gasteiger partial charge in [-0.1, -0.05) is 36.3 Å². The van der Waals surface area contributed by atoms with Crippen molar-refractivity contribution in [2.75, 3.05) is 19.6 Å². The number of carbonyl (C=O) groups excluding carboxylic acids is 1. The highest BCUT2D eigenvalue weighted by molar-refractivity contribution is 7.89. The molecule has 180 valence electrons. The molecule has 0 aliphatic carbocycles. The molecule has 5 rings (SSSR count). The van der Waals surface area contributed by atoms with Crippen LogP contribution in [0.1, 0.15) is 41.7 Å². The van der Waals surface area contributed by atoms with Gasteiger partial charge in [-0.3, -0.25) is 4.79 Å². The Morgan fingerprint density at radius 2 is 1.91 bits per heavy atom. The smallest absolute Gasteiger partial charge is 0.244 e. The first-order valence-electron chi connectivity index (χ1n) is 11.7. The number of amides is 1. The Hall–Kier alpha value is -2.56. The number of nitrogens with zero attached hydrogens (tertiary/aromatic N) is 4. The number of hydrogen-bond donors (Lipinski definition) is 0. The molecule has 0 N–H and O–H groups in total. The largest absolute Gasteiger partial charge is 0.339 e. The fraction of sp³-hybridized carbons (Fsp3) is 0.458. The lowest BCUT2D eigenvalue weighted by Crippen LogP contribution is -2.45. The highest BCUT2D eigenvalue weighted by atomic mass is 32.2. The van der Waals surface area contributed by atoms with Gasteiger partial charge in [0.25, 0.3) is 0 Å². The van der Waals surface area contributed by atoms with E-state index in [1.165, 1.54) is 26.8 Å². The van der Waals surface area contributed by atoms with Crippen molar-refractivity contribution >= 4 is 27.3 Å². The number of sulfonamides is 1. The van der Waals surface area contributed by atoms with Crippen molar-refractivity contribution in [2.24, 2.45) is 5.92 Å². The van der Waals surface area contributed by atoms with Crippen molar-refractivity contribution in [1.29, 1.82) is 0 Å². The molecule has 3 aromatic rings. The number of hydrogen-bond acceptors (Lipinski definition) is 7. The third-order valence-corrected chi connectivity index (χ3v) is 9.93. The Bertz CT molecular complexity index is 1310. The third kappa shape index (κ3) is 4.30. The standard InChI is InChI=1S/C24H28N4O4S2/c1-3-22-25-23(26-32-22)20-14-21(16(2)33-20)34(30,31)28-12-9-18(10-13-28)24(29)27-11-8-17-6-4-5-7-19(17)15-27/h4-7,14,18H,3,8-13,15H2,1-2H3. The van der Waals surface area contributed by atoms with E-state index in [4.69, 9.17) is 4.52 Å². The fourth-order valence-electron chi connectivity index (χ4n) is 4.75. The minimum absolute atomic E-state index is 0.136. The molecule has 1 aromatic carbocycles. The average Bonchev–Trinajstić information content (AvgIpc) is 3.50. The van der Waals surface area contributed by atoms with E-state index in [1.54, 1.807) is 13.0 Å². The Morgan fingerprint density at radius 3 is 2.62 bits per heavy atom. The van der Waals surface area contributed by atoms with Gasteiger partial charge in [-0.2, -0.15) is 9.29 Å². The van der Waals surface area contributed by atoms with Gasteiger partial charge in [0, 0.05) is 43.4 Å². The molecule has 34 heavy (non-hydrogen) atoms. The lowest BCUT2D eigenvalue weighted by Gasteiger charge is -2.35. The summed E-state index contributed by atoms with van der Waals surface area (Å²) in [6, 6.07) is 9.89. The maximum atomic E-state index is 13.4. The predicted molar refractivity (Wildman–Crippen MR) is 129 cm³/mol. The zero-order valence-corrected chi connectivity index (χ0v) is 21.0. The Labute approximate surface area is 203 Å². The number of piperidine rings is 1. The van der Waals surface area contributed by atoms with E-state index < -0.39 is 10.0 Å². The van der Waals surface area contributed by atoms with E-state index in [0.29, 0.717) is 60.4 Å². The summed E-state index contributed by atoms with van der Waals surface area (Å²) in [5, 5.41) is 3.97. The van der Waals surface area contributed by atoms with Crippen molar-refractivity contribution in [1.82, 2.24) is 19.3 Å². The third-order valence-electron chi connectivity index (χ3n) is 6.73. The highest BCUT2D eigenvalue weighted by Gasteiger charge is 2.36. The summed E-state index contributed by atoms with van der Waals surface area (Å²) in [4.78, 5) is 21.1. The van der Waals surface area contributed by atoms with E-state index in [1.807, 2.05) is 24.0 Å². The van der Waals surface area contributed by atoms with Gasteiger partial charge in [0.2, 0.25) is 27.6 Å². The van der Waals surface area contributed by atoms with Gasteiger partial charge in [-0.05, 0) is 43.4 Å². The number of carbonyl (C=O) groups is 1. The first kappa shape index (κ1) is 23.2. The molecule has 0 radical (unpaired) electrons. The van der Waals surface area contributed by atoms with E-state index in [-0.39, 0.29) is 16.7 Å². The normalized spacial score (nSPS) is 17.6. The van der Waals surface area contributed by atoms with Crippen molar-refractivity contribution in [3.05, 3.63) is 52.2 Å². The summed E-state index contributed by atoms with van der Waals surface area (Å²) in [6.45, 7) is 5.77. The van der Waals surface area contributed by atoms with Gasteiger partial charge in [0.15, 0.2) is 0 Å². The van der Waals surface area contributed by atoms with Crippen LogP contribution >= 0.6 is 11.3 Å². The highest BCUT2D eigenvalue weighted by Crippen LogP contribution is 2.35. The Kier molecular flexibility index (Phi) is 6.30. The van der Waals surface area contributed by atoms with Crippen LogP contribution in [0, 0.1) is 12.8 Å². The second-order valence-corrected chi connectivity index (χ2v) is 12.0. The Balaban J connectivity index is 1.25. The van der Waals surface area contributed by atoms with Crippen LogP contribution in [0.4, 0.5) is 0 Å². The predicted octanol–water partition coefficient (Wildman–Crippen LogP) is 3.65. The fourth-order valence-corrected chi connectivity index (χ4v) is 7.71. The summed E-state index contributed by atoms with van der Waals surface area (Å²) >= 11 is 1.35. The summed E-state index contributed by atoms with van der Waals surface area (Å²) in [5.41, 5.74) is 2.52. The van der Waals surface area contributed by atoms with E-state index in [9.17, 15) is 13.2 Å². The van der Waals surface area contributed by atoms with Crippen molar-refractivity contribution in [2.45, 2.75) is 51.0 Å². The number of rotatable bonds is 5. The minimum atomic E-state index is -3.66. The maximum Gasteiger partial charge on any atom is 0.244 e. The monoisotopic (exact) mass is 500 g/mol. The van der Waals surface area contributed by atoms with Gasteiger partial charge in [0.1, 0.15) is 0 Å². The summed E-state index contributed by atoms with van der Waals surface area (Å²) in [6.07, 6.45) is 2.57. The van der Waals surface area contributed by atoms with Gasteiger partial charge in [-0.25, -0.2) is 8.42 Å². The quantitative estimate of drug-likeness (QED) is 0.531. The molecule has 2 aliphatic heterocycles. The molecule has 1 fully saturated rings. The van der Waals surface area contributed by atoms with Crippen molar-refractivity contribution < 1.29 is 17.7 Å². The van der Waals surface area contributed by atoms with Crippen LogP contribution in [0.3, 0.4) is 0 Å². The van der Waals surface area contributed by atoms with Crippen LogP contribution < -0.4 is 0 Å². The van der Waals surface area contributed by atoms with Crippen LogP contribution in [-0.4, -0.2) is 53.3 Å². The molecule has 2 aromatic heterocycles. The molecule has 0 spiro atoms. The zero-order valence-electron chi connectivity index (χ0n) is 19.4. The molecule has 10 heteroatoms. The van der Waals surface area contributed by atoms with E-state index in [2.05, 4.69) is 22.3 Å². The molecule has 0 saturated carbocycles. The minimum Gasteiger partial charge on any atom is -0.339 e. The average molecular weight is 501 g/mol. The van der Waals surface area contributed by atoms with Crippen molar-refractivity contribution in [3.63, 3.8) is 0 Å². The van der Waals surface area contributed by atoms with Crippen LogP contribution in [0.15, 0.2) is 39.8 Å². The van der Waals surface area contributed by atoms with Crippen LogP contribution in [0.25, 0.3) is 10.7 Å². The van der Waals surface area contributed by atoms with Crippen molar-refractivity contribution in [3.8, 4) is 10.7 Å². The lowest BCUT2D eigenvalue weighted by molar-refractivity contribution is -0.137. The number of thiophene rings is 1. The topological polar surface area (TPSA) is 96.6 Å². The summed E-state index contributed by atoms with van der Waals surface area (Å²) < 4.78 is 33.5. The molecule has 0 atom stereocenters. The van der Waals surface area contributed by atoms with E-state index >= 15 is 0 Å². The molecule has 1 amide bonds. The zero-order chi connectivity index (χ0) is 23.9. The molecule has 2 aliphatic rings. The molecule has 4 heterocycles. The van der Waals surface area contributed by atoms with E-state index in [0.717, 1.165) is 13.0 Å². The SMILES string of the molecule is CCc1nc(-c2cc(S(=O)(=O)N3CCC(C(=O)N4CCc5ccccc5C4)CC3)c(C)s2)no1. The maximum absolute atomic E-state index is 13.4. The van der Waals surface area contributed by atoms with Gasteiger partial charge < -0.3 is 9.42 Å². The van der Waals surface area contributed by atoms with Crippen LogP contribution in [0.5, 0.6) is 0 Å². The molecular weight excluding hydrogens is 472 g/mol. The lowest BCUT2D eigenvalue weighted by atomic mass is 9.94. The number of aromatic nitrogens is 2. The first-order valence-corrected chi connectivity index (χ1v) is 13.9. The number of aryl methyl sites for hydroxylation is 2. The summed E-state index contributed by atoms with van der Waals surface area (Å²) in [7, 11) is -3.66. The van der Waals surface area contributed by atoms with Crippen LogP contribution in [0.2, 0.25) is 0 Å². The van der Waals surface area contributed by atoms with Crippen LogP contribution in [-0.2, 0) is 34.2 Å². The molecular formula is C24H28N4O4S2. The van der Waals surface area contributed by atoms with Gasteiger partial charge >= 0.3 is 0 Å². The molecule has 0 bridgehead atoms. The second kappa shape index (κ2) is 9.24. The van der Waals surface area contributed by atoms with Gasteiger partial charge in [-0.15, -0.1) is 11.3 Å². The number of fused-ring (bicyclic) bond motifs is 1. The summed E-state index contributed by atoms with van der Waals surface area (Å²) in [5.74, 6) is 0.945. The molecule has 1 saturated heterocycles. The first-order chi connectivity index (χ1) is 16.4.